The van der Waals surface area contributed by atoms with Crippen molar-refractivity contribution in [1.82, 2.24) is 14.9 Å². The molecule has 0 spiro atoms. The Morgan fingerprint density at radius 1 is 1.08 bits per heavy atom. The van der Waals surface area contributed by atoms with Crippen molar-refractivity contribution in [1.29, 1.82) is 0 Å². The van der Waals surface area contributed by atoms with Gasteiger partial charge in [-0.3, -0.25) is 0 Å². The molecule has 2 aliphatic heterocycles. The fourth-order valence-electron chi connectivity index (χ4n) is 5.09. The molecule has 0 N–H and O–H groups in total. The zero-order valence-electron chi connectivity index (χ0n) is 22.1. The summed E-state index contributed by atoms with van der Waals surface area (Å²) < 4.78 is 57.1. The Morgan fingerprint density at radius 2 is 1.74 bits per heavy atom. The van der Waals surface area contributed by atoms with Crippen LogP contribution in [0.3, 0.4) is 0 Å². The van der Waals surface area contributed by atoms with Crippen LogP contribution in [0.4, 0.5) is 9.18 Å². The van der Waals surface area contributed by atoms with Gasteiger partial charge < -0.3 is 19.1 Å². The number of halogens is 1. The number of rotatable bonds is 7. The van der Waals surface area contributed by atoms with Crippen molar-refractivity contribution in [2.75, 3.05) is 6.61 Å². The molecule has 3 fully saturated rings. The quantitative estimate of drug-likeness (QED) is 0.465. The summed E-state index contributed by atoms with van der Waals surface area (Å²) in [6.45, 7) is 8.17. The third-order valence-corrected chi connectivity index (χ3v) is 9.46. The molecule has 1 amide bonds. The molecule has 1 saturated carbocycles. The van der Waals surface area contributed by atoms with Crippen LogP contribution in [-0.2, 0) is 14.6 Å². The maximum absolute atomic E-state index is 14.8. The molecule has 9 nitrogen and oxygen atoms in total. The maximum Gasteiger partial charge on any atom is 0.410 e. The summed E-state index contributed by atoms with van der Waals surface area (Å²) in [5.74, 6) is -0.462. The van der Waals surface area contributed by atoms with E-state index in [4.69, 9.17) is 14.2 Å². The van der Waals surface area contributed by atoms with Gasteiger partial charge in [0.15, 0.2) is 21.4 Å². The lowest BCUT2D eigenvalue weighted by Crippen LogP contribution is -2.49. The minimum absolute atomic E-state index is 0.0449. The lowest BCUT2D eigenvalue weighted by Gasteiger charge is -2.38. The van der Waals surface area contributed by atoms with E-state index in [0.717, 1.165) is 18.9 Å². The summed E-state index contributed by atoms with van der Waals surface area (Å²) in [6.07, 6.45) is 5.20. The number of piperidine rings is 1. The SMILES string of the molecule is Cc1c(Oc2ccc(S(=O)(=O)C3CC3)cc2F)ncnc1O[C@H]1CC2CC[C@@H](C1)N2C(=O)OCC(C)(C)C. The molecular formula is C27H34FN3O6S. The van der Waals surface area contributed by atoms with Crippen molar-refractivity contribution in [2.24, 2.45) is 5.41 Å². The van der Waals surface area contributed by atoms with Crippen LogP contribution in [0.5, 0.6) is 17.5 Å². The highest BCUT2D eigenvalue weighted by molar-refractivity contribution is 7.92. The van der Waals surface area contributed by atoms with E-state index in [-0.39, 0.29) is 46.2 Å². The van der Waals surface area contributed by atoms with Crippen molar-refractivity contribution in [2.45, 2.75) is 94.6 Å². The van der Waals surface area contributed by atoms with Gasteiger partial charge in [0.05, 0.1) is 22.3 Å². The summed E-state index contributed by atoms with van der Waals surface area (Å²) in [7, 11) is -3.51. The zero-order chi connectivity index (χ0) is 27.2. The average Bonchev–Trinajstić information content (AvgIpc) is 3.67. The average molecular weight is 548 g/mol. The number of fused-ring (bicyclic) bond motifs is 2. The maximum atomic E-state index is 14.8. The van der Waals surface area contributed by atoms with Crippen LogP contribution in [0.25, 0.3) is 0 Å². The number of aromatic nitrogens is 2. The number of carbonyl (C=O) groups excluding carboxylic acids is 1. The molecule has 1 aromatic heterocycles. The molecule has 2 saturated heterocycles. The second-order valence-electron chi connectivity index (χ2n) is 11.7. The smallest absolute Gasteiger partial charge is 0.410 e. The Kier molecular flexibility index (Phi) is 7.00. The van der Waals surface area contributed by atoms with Gasteiger partial charge in [0, 0.05) is 24.9 Å². The van der Waals surface area contributed by atoms with Crippen molar-refractivity contribution in [3.05, 3.63) is 35.9 Å². The molecular weight excluding hydrogens is 513 g/mol. The van der Waals surface area contributed by atoms with Crippen molar-refractivity contribution in [3.8, 4) is 17.5 Å². The molecule has 3 aliphatic rings. The first-order valence-electron chi connectivity index (χ1n) is 13.1. The Morgan fingerprint density at radius 3 is 2.34 bits per heavy atom. The fraction of sp³-hybridized carbons (Fsp3) is 0.593. The highest BCUT2D eigenvalue weighted by atomic mass is 32.2. The van der Waals surface area contributed by atoms with Crippen molar-refractivity contribution in [3.63, 3.8) is 0 Å². The number of benzene rings is 1. The second kappa shape index (κ2) is 9.98. The summed E-state index contributed by atoms with van der Waals surface area (Å²) in [6, 6.07) is 3.74. The number of carbonyl (C=O) groups is 1. The second-order valence-corrected chi connectivity index (χ2v) is 13.9. The van der Waals surface area contributed by atoms with Gasteiger partial charge in [-0.1, -0.05) is 20.8 Å². The zero-order valence-corrected chi connectivity index (χ0v) is 23.0. The molecule has 2 bridgehead atoms. The van der Waals surface area contributed by atoms with E-state index in [0.29, 0.717) is 43.7 Å². The monoisotopic (exact) mass is 547 g/mol. The van der Waals surface area contributed by atoms with Crippen LogP contribution in [0, 0.1) is 18.2 Å². The van der Waals surface area contributed by atoms with E-state index in [9.17, 15) is 17.6 Å². The molecule has 1 unspecified atom stereocenters. The third-order valence-electron chi connectivity index (χ3n) is 7.20. The minimum atomic E-state index is -3.51. The van der Waals surface area contributed by atoms with E-state index in [1.807, 2.05) is 25.7 Å². The van der Waals surface area contributed by atoms with Gasteiger partial charge >= 0.3 is 6.09 Å². The molecule has 11 heteroatoms. The number of ether oxygens (including phenoxy) is 3. The number of hydrogen-bond donors (Lipinski definition) is 0. The normalized spacial score (nSPS) is 23.3. The molecule has 0 radical (unpaired) electrons. The minimum Gasteiger partial charge on any atom is -0.474 e. The van der Waals surface area contributed by atoms with Crippen molar-refractivity contribution < 1.29 is 31.8 Å². The number of sulfone groups is 1. The predicted octanol–water partition coefficient (Wildman–Crippen LogP) is 5.21. The third kappa shape index (κ3) is 5.57. The molecule has 3 atom stereocenters. The Balaban J connectivity index is 1.24. The molecule has 2 aromatic rings. The van der Waals surface area contributed by atoms with Gasteiger partial charge in [0.25, 0.3) is 0 Å². The molecule has 5 rings (SSSR count). The largest absolute Gasteiger partial charge is 0.474 e. The van der Waals surface area contributed by atoms with Gasteiger partial charge in [0.2, 0.25) is 11.8 Å². The van der Waals surface area contributed by atoms with E-state index < -0.39 is 20.9 Å². The fourth-order valence-corrected chi connectivity index (χ4v) is 6.76. The van der Waals surface area contributed by atoms with Crippen LogP contribution in [0.1, 0.15) is 64.9 Å². The van der Waals surface area contributed by atoms with Crippen LogP contribution < -0.4 is 9.47 Å². The van der Waals surface area contributed by atoms with Gasteiger partial charge in [-0.15, -0.1) is 0 Å². The van der Waals surface area contributed by atoms with Gasteiger partial charge in [0.1, 0.15) is 12.4 Å². The molecule has 206 valence electrons. The first-order valence-corrected chi connectivity index (χ1v) is 14.6. The Hall–Kier alpha value is -2.95. The van der Waals surface area contributed by atoms with Crippen LogP contribution in [0.2, 0.25) is 0 Å². The Bertz CT molecular complexity index is 1310. The van der Waals surface area contributed by atoms with E-state index >= 15 is 0 Å². The highest BCUT2D eigenvalue weighted by Gasteiger charge is 2.45. The topological polar surface area (TPSA) is 108 Å². The predicted molar refractivity (Wildman–Crippen MR) is 137 cm³/mol. The van der Waals surface area contributed by atoms with Gasteiger partial charge in [-0.2, -0.15) is 0 Å². The standard InChI is InChI=1S/C27H34FN3O6S/c1-16-24(36-19-11-17-5-6-18(12-19)31(17)26(32)35-14-27(2,3)4)29-15-30-25(16)37-23-10-9-21(13-22(23)28)38(33,34)20-7-8-20/h9-10,13,15,17-20H,5-8,11-12,14H2,1-4H3/t17-,18?,19+/m0/s1. The molecule has 1 aromatic carbocycles. The van der Waals surface area contributed by atoms with Crippen molar-refractivity contribution >= 4 is 15.9 Å². The Labute approximate surface area is 222 Å². The first kappa shape index (κ1) is 26.6. The van der Waals surface area contributed by atoms with Crippen LogP contribution >= 0.6 is 0 Å². The first-order chi connectivity index (χ1) is 17.9. The molecule has 3 heterocycles. The lowest BCUT2D eigenvalue weighted by molar-refractivity contribution is 0.0201. The molecule has 38 heavy (non-hydrogen) atoms. The van der Waals surface area contributed by atoms with Crippen LogP contribution in [0.15, 0.2) is 29.4 Å². The summed E-state index contributed by atoms with van der Waals surface area (Å²) in [5.41, 5.74) is 0.403. The molecule has 1 aliphatic carbocycles. The summed E-state index contributed by atoms with van der Waals surface area (Å²) in [5, 5.41) is -0.422. The number of hydrogen-bond acceptors (Lipinski definition) is 8. The summed E-state index contributed by atoms with van der Waals surface area (Å²) in [4.78, 5) is 23.0. The van der Waals surface area contributed by atoms with Gasteiger partial charge in [-0.25, -0.2) is 27.6 Å². The summed E-state index contributed by atoms with van der Waals surface area (Å²) >= 11 is 0. The number of nitrogens with zero attached hydrogens (tertiary/aromatic N) is 3. The lowest BCUT2D eigenvalue weighted by atomic mass is 9.98. The van der Waals surface area contributed by atoms with Crippen LogP contribution in [-0.4, -0.2) is 59.4 Å². The van der Waals surface area contributed by atoms with E-state index in [2.05, 4.69) is 9.97 Å². The van der Waals surface area contributed by atoms with E-state index in [1.54, 1.807) is 6.92 Å². The van der Waals surface area contributed by atoms with E-state index in [1.165, 1.54) is 18.5 Å². The number of amides is 1. The van der Waals surface area contributed by atoms with Gasteiger partial charge in [-0.05, 0) is 56.2 Å². The highest BCUT2D eigenvalue weighted by Crippen LogP contribution is 2.39.